The maximum absolute atomic E-state index is 12.7. The molecular formula is C22H36O4. The predicted octanol–water partition coefficient (Wildman–Crippen LogP) is 4.75. The Labute approximate surface area is 158 Å². The van der Waals surface area contributed by atoms with E-state index < -0.39 is 0 Å². The van der Waals surface area contributed by atoms with Crippen LogP contribution in [0.25, 0.3) is 0 Å². The van der Waals surface area contributed by atoms with Crippen LogP contribution < -0.4 is 0 Å². The summed E-state index contributed by atoms with van der Waals surface area (Å²) < 4.78 is 11.5. The third kappa shape index (κ3) is 3.41. The van der Waals surface area contributed by atoms with E-state index in [4.69, 9.17) is 9.47 Å². The third-order valence-corrected chi connectivity index (χ3v) is 7.68. The Bertz CT molecular complexity index is 494. The van der Waals surface area contributed by atoms with Gasteiger partial charge in [-0.05, 0) is 81.0 Å². The SMILES string of the molecule is CCC(C)C(=O)OCC(=O)OC1(C(CC)CC)C2CC3CC(C2)CC1C3. The summed E-state index contributed by atoms with van der Waals surface area (Å²) in [7, 11) is 0. The van der Waals surface area contributed by atoms with Crippen LogP contribution in [0.5, 0.6) is 0 Å². The van der Waals surface area contributed by atoms with E-state index in [0.717, 1.165) is 31.1 Å². The van der Waals surface area contributed by atoms with Crippen LogP contribution in [0.3, 0.4) is 0 Å². The van der Waals surface area contributed by atoms with Crippen molar-refractivity contribution in [3.63, 3.8) is 0 Å². The monoisotopic (exact) mass is 364 g/mol. The van der Waals surface area contributed by atoms with Crippen LogP contribution >= 0.6 is 0 Å². The highest BCUT2D eigenvalue weighted by Crippen LogP contribution is 2.62. The standard InChI is InChI=1S/C22H36O4/c1-5-14(4)21(24)25-13-20(23)26-22(17(6-2)7-3)18-9-15-8-16(11-18)12-19(22)10-15/h14-19H,5-13H2,1-4H3. The first-order valence-corrected chi connectivity index (χ1v) is 10.8. The second-order valence-electron chi connectivity index (χ2n) is 9.06. The number of hydrogen-bond donors (Lipinski definition) is 0. The molecule has 1 atom stereocenters. The van der Waals surface area contributed by atoms with Crippen molar-refractivity contribution < 1.29 is 19.1 Å². The van der Waals surface area contributed by atoms with Crippen molar-refractivity contribution in [2.45, 2.75) is 84.7 Å². The normalized spacial score (nSPS) is 36.2. The van der Waals surface area contributed by atoms with Crippen LogP contribution in [-0.4, -0.2) is 24.1 Å². The Hall–Kier alpha value is -1.06. The molecule has 4 bridgehead atoms. The fourth-order valence-corrected chi connectivity index (χ4v) is 6.43. The summed E-state index contributed by atoms with van der Waals surface area (Å²) in [5, 5.41) is 0. The molecule has 148 valence electrons. The van der Waals surface area contributed by atoms with Crippen LogP contribution in [0.4, 0.5) is 0 Å². The van der Waals surface area contributed by atoms with Gasteiger partial charge in [-0.2, -0.15) is 0 Å². The molecule has 0 spiro atoms. The van der Waals surface area contributed by atoms with Crippen LogP contribution in [0.1, 0.15) is 79.1 Å². The summed E-state index contributed by atoms with van der Waals surface area (Å²) >= 11 is 0. The number of carbonyl (C=O) groups excluding carboxylic acids is 2. The van der Waals surface area contributed by atoms with Gasteiger partial charge in [0.15, 0.2) is 6.61 Å². The van der Waals surface area contributed by atoms with Gasteiger partial charge in [0, 0.05) is 0 Å². The molecule has 0 aromatic heterocycles. The predicted molar refractivity (Wildman–Crippen MR) is 100 cm³/mol. The molecule has 0 heterocycles. The van der Waals surface area contributed by atoms with Gasteiger partial charge >= 0.3 is 11.9 Å². The van der Waals surface area contributed by atoms with E-state index in [1.165, 1.54) is 32.1 Å². The van der Waals surface area contributed by atoms with E-state index in [2.05, 4.69) is 13.8 Å². The highest BCUT2D eigenvalue weighted by molar-refractivity contribution is 5.77. The minimum atomic E-state index is -0.346. The molecule has 26 heavy (non-hydrogen) atoms. The largest absolute Gasteiger partial charge is 0.456 e. The summed E-state index contributed by atoms with van der Waals surface area (Å²) in [4.78, 5) is 24.6. The van der Waals surface area contributed by atoms with Crippen molar-refractivity contribution in [1.82, 2.24) is 0 Å². The molecule has 1 unspecified atom stereocenters. The number of esters is 2. The van der Waals surface area contributed by atoms with Gasteiger partial charge < -0.3 is 9.47 Å². The van der Waals surface area contributed by atoms with Crippen LogP contribution in [0.2, 0.25) is 0 Å². The molecule has 4 nitrogen and oxygen atoms in total. The van der Waals surface area contributed by atoms with Crippen LogP contribution in [-0.2, 0) is 19.1 Å². The van der Waals surface area contributed by atoms with Gasteiger partial charge in [0.2, 0.25) is 0 Å². The van der Waals surface area contributed by atoms with E-state index in [9.17, 15) is 9.59 Å². The molecule has 0 aromatic carbocycles. The highest BCUT2D eigenvalue weighted by Gasteiger charge is 2.61. The van der Waals surface area contributed by atoms with Crippen molar-refractivity contribution in [3.05, 3.63) is 0 Å². The molecule has 0 saturated heterocycles. The molecule has 0 aromatic rings. The molecule has 4 fully saturated rings. The number of hydrogen-bond acceptors (Lipinski definition) is 4. The van der Waals surface area contributed by atoms with E-state index in [0.29, 0.717) is 17.8 Å². The van der Waals surface area contributed by atoms with Gasteiger partial charge in [0.05, 0.1) is 5.92 Å². The Morgan fingerprint density at radius 2 is 1.46 bits per heavy atom. The van der Waals surface area contributed by atoms with Crippen molar-refractivity contribution in [2.24, 2.45) is 35.5 Å². The zero-order valence-corrected chi connectivity index (χ0v) is 17.0. The zero-order valence-electron chi connectivity index (χ0n) is 17.0. The van der Waals surface area contributed by atoms with Gasteiger partial charge in [-0.1, -0.05) is 27.7 Å². The molecule has 0 amide bonds. The molecule has 4 rings (SSSR count). The summed E-state index contributed by atoms with van der Waals surface area (Å²) in [5.41, 5.74) is -0.323. The zero-order chi connectivity index (χ0) is 18.9. The summed E-state index contributed by atoms with van der Waals surface area (Å²) in [6.45, 7) is 7.98. The Balaban J connectivity index is 1.73. The molecule has 0 radical (unpaired) electrons. The Kier molecular flexibility index (Phi) is 5.98. The summed E-state index contributed by atoms with van der Waals surface area (Å²) in [6.07, 6.45) is 9.03. The Morgan fingerprint density at radius 1 is 0.923 bits per heavy atom. The first kappa shape index (κ1) is 19.7. The number of ether oxygens (including phenoxy) is 2. The fraction of sp³-hybridized carbons (Fsp3) is 0.909. The lowest BCUT2D eigenvalue weighted by atomic mass is 9.46. The van der Waals surface area contributed by atoms with Gasteiger partial charge in [-0.25, -0.2) is 4.79 Å². The first-order chi connectivity index (χ1) is 12.4. The van der Waals surface area contributed by atoms with Gasteiger partial charge in [0.25, 0.3) is 0 Å². The average molecular weight is 365 g/mol. The second kappa shape index (κ2) is 7.90. The summed E-state index contributed by atoms with van der Waals surface area (Å²) in [6, 6.07) is 0. The summed E-state index contributed by atoms with van der Waals surface area (Å²) in [5.74, 6) is 2.26. The van der Waals surface area contributed by atoms with E-state index in [1.807, 2.05) is 13.8 Å². The molecular weight excluding hydrogens is 328 g/mol. The smallest absolute Gasteiger partial charge is 0.344 e. The lowest BCUT2D eigenvalue weighted by molar-refractivity contribution is -0.232. The molecule has 4 heteroatoms. The Morgan fingerprint density at radius 3 is 1.92 bits per heavy atom. The molecule has 4 aliphatic rings. The van der Waals surface area contributed by atoms with Crippen molar-refractivity contribution in [1.29, 1.82) is 0 Å². The van der Waals surface area contributed by atoms with Crippen molar-refractivity contribution in [2.75, 3.05) is 6.61 Å². The minimum Gasteiger partial charge on any atom is -0.456 e. The van der Waals surface area contributed by atoms with Crippen LogP contribution in [0, 0.1) is 35.5 Å². The molecule has 0 N–H and O–H groups in total. The maximum Gasteiger partial charge on any atom is 0.344 e. The van der Waals surface area contributed by atoms with E-state index >= 15 is 0 Å². The van der Waals surface area contributed by atoms with Crippen LogP contribution in [0.15, 0.2) is 0 Å². The third-order valence-electron chi connectivity index (χ3n) is 7.68. The maximum atomic E-state index is 12.7. The van der Waals surface area contributed by atoms with Crippen molar-refractivity contribution in [3.8, 4) is 0 Å². The average Bonchev–Trinajstić information content (AvgIpc) is 2.63. The number of rotatable bonds is 8. The molecule has 4 saturated carbocycles. The van der Waals surface area contributed by atoms with Gasteiger partial charge in [-0.15, -0.1) is 0 Å². The number of carbonyl (C=O) groups is 2. The highest BCUT2D eigenvalue weighted by atomic mass is 16.6. The van der Waals surface area contributed by atoms with Gasteiger partial charge in [0.1, 0.15) is 5.60 Å². The topological polar surface area (TPSA) is 52.6 Å². The molecule has 4 aliphatic carbocycles. The molecule has 0 aliphatic heterocycles. The van der Waals surface area contributed by atoms with E-state index in [-0.39, 0.29) is 30.1 Å². The lowest BCUT2D eigenvalue weighted by Gasteiger charge is -2.62. The minimum absolute atomic E-state index is 0.169. The quantitative estimate of drug-likeness (QED) is 0.583. The first-order valence-electron chi connectivity index (χ1n) is 10.8. The second-order valence-corrected chi connectivity index (χ2v) is 9.06. The lowest BCUT2D eigenvalue weighted by Crippen LogP contribution is -2.63. The van der Waals surface area contributed by atoms with E-state index in [1.54, 1.807) is 0 Å². The fourth-order valence-electron chi connectivity index (χ4n) is 6.43. The van der Waals surface area contributed by atoms with Crippen molar-refractivity contribution >= 4 is 11.9 Å². The van der Waals surface area contributed by atoms with Gasteiger partial charge in [-0.3, -0.25) is 4.79 Å².